The highest BCUT2D eigenvalue weighted by Gasteiger charge is 2.35. The van der Waals surface area contributed by atoms with E-state index >= 15 is 0 Å². The lowest BCUT2D eigenvalue weighted by atomic mass is 9.96. The summed E-state index contributed by atoms with van der Waals surface area (Å²) in [6.07, 6.45) is 1.72. The predicted molar refractivity (Wildman–Crippen MR) is 150 cm³/mol. The SMILES string of the molecule is CC[C@@H](C)C(C(=O)N[C@@H](Cc1ccc(Cl)c(Cl)c1)C(=O)NCc1ccc(N)nc1)N(C)C(=O)OC(C)(C)C. The molecule has 3 amide bonds. The van der Waals surface area contributed by atoms with Gasteiger partial charge in [0.05, 0.1) is 10.0 Å². The maximum Gasteiger partial charge on any atom is 0.410 e. The first-order chi connectivity index (χ1) is 17.7. The molecule has 0 saturated carbocycles. The summed E-state index contributed by atoms with van der Waals surface area (Å²) in [7, 11) is 1.52. The number of ether oxygens (including phenoxy) is 1. The van der Waals surface area contributed by atoms with E-state index in [1.165, 1.54) is 11.9 Å². The van der Waals surface area contributed by atoms with Gasteiger partial charge in [-0.15, -0.1) is 0 Å². The van der Waals surface area contributed by atoms with Gasteiger partial charge in [0.1, 0.15) is 23.5 Å². The number of nitrogens with two attached hydrogens (primary N) is 1. The molecule has 1 aromatic carbocycles. The molecule has 0 aliphatic carbocycles. The molecule has 0 saturated heterocycles. The lowest BCUT2D eigenvalue weighted by Gasteiger charge is -2.34. The van der Waals surface area contributed by atoms with Gasteiger partial charge in [-0.2, -0.15) is 0 Å². The first-order valence-electron chi connectivity index (χ1n) is 12.4. The van der Waals surface area contributed by atoms with E-state index in [9.17, 15) is 14.4 Å². The average molecular weight is 567 g/mol. The van der Waals surface area contributed by atoms with E-state index in [4.69, 9.17) is 33.7 Å². The molecule has 38 heavy (non-hydrogen) atoms. The number of nitrogens with zero attached hydrogens (tertiary/aromatic N) is 2. The van der Waals surface area contributed by atoms with E-state index in [1.54, 1.807) is 57.3 Å². The number of hydrogen-bond donors (Lipinski definition) is 3. The number of anilines is 1. The van der Waals surface area contributed by atoms with Gasteiger partial charge in [-0.25, -0.2) is 9.78 Å². The van der Waals surface area contributed by atoms with Crippen molar-refractivity contribution >= 4 is 46.9 Å². The molecule has 0 aliphatic rings. The number of hydrogen-bond acceptors (Lipinski definition) is 6. The predicted octanol–water partition coefficient (Wildman–Crippen LogP) is 4.60. The number of carbonyl (C=O) groups excluding carboxylic acids is 3. The molecule has 4 N–H and O–H groups in total. The third kappa shape index (κ3) is 9.36. The molecular formula is C27H37Cl2N5O4. The molecule has 0 spiro atoms. The normalized spacial score (nSPS) is 13.7. The van der Waals surface area contributed by atoms with Gasteiger partial charge in [0, 0.05) is 26.2 Å². The Labute approximate surface area is 234 Å². The minimum absolute atomic E-state index is 0.151. The highest BCUT2D eigenvalue weighted by atomic mass is 35.5. The van der Waals surface area contributed by atoms with Gasteiger partial charge in [-0.3, -0.25) is 14.5 Å². The second-order valence-corrected chi connectivity index (χ2v) is 11.1. The van der Waals surface area contributed by atoms with Gasteiger partial charge < -0.3 is 21.1 Å². The van der Waals surface area contributed by atoms with E-state index in [0.717, 1.165) is 5.56 Å². The zero-order valence-corrected chi connectivity index (χ0v) is 24.2. The Morgan fingerprint density at radius 1 is 1.08 bits per heavy atom. The summed E-state index contributed by atoms with van der Waals surface area (Å²) in [6, 6.07) is 6.60. The molecule has 1 aromatic heterocycles. The molecule has 0 aliphatic heterocycles. The minimum Gasteiger partial charge on any atom is -0.444 e. The maximum atomic E-state index is 13.6. The van der Waals surface area contributed by atoms with Crippen molar-refractivity contribution in [1.82, 2.24) is 20.5 Å². The molecule has 2 rings (SSSR count). The first-order valence-corrected chi connectivity index (χ1v) is 13.2. The second kappa shape index (κ2) is 13.7. The lowest BCUT2D eigenvalue weighted by molar-refractivity contribution is -0.132. The Morgan fingerprint density at radius 2 is 1.74 bits per heavy atom. The number of aromatic nitrogens is 1. The number of carbonyl (C=O) groups is 3. The largest absolute Gasteiger partial charge is 0.444 e. The molecule has 0 fully saturated rings. The molecule has 0 bridgehead atoms. The Kier molecular flexibility index (Phi) is 11.2. The Bertz CT molecular complexity index is 1120. The number of likely N-dealkylation sites (N-methyl/N-ethyl adjacent to an activating group) is 1. The summed E-state index contributed by atoms with van der Waals surface area (Å²) in [5.74, 6) is -0.719. The number of rotatable bonds is 10. The quantitative estimate of drug-likeness (QED) is 0.386. The molecule has 208 valence electrons. The van der Waals surface area contributed by atoms with Crippen LogP contribution in [0.1, 0.15) is 52.2 Å². The zero-order valence-electron chi connectivity index (χ0n) is 22.7. The molecule has 9 nitrogen and oxygen atoms in total. The monoisotopic (exact) mass is 565 g/mol. The van der Waals surface area contributed by atoms with Gasteiger partial charge in [0.2, 0.25) is 11.8 Å². The van der Waals surface area contributed by atoms with Crippen LogP contribution < -0.4 is 16.4 Å². The number of halogens is 2. The van der Waals surface area contributed by atoms with Crippen molar-refractivity contribution in [3.63, 3.8) is 0 Å². The zero-order chi connectivity index (χ0) is 28.6. The fourth-order valence-corrected chi connectivity index (χ4v) is 4.03. The standard InChI is InChI=1S/C27H37Cl2N5O4/c1-7-16(2)23(34(6)26(37)38-27(3,4)5)25(36)33-21(13-17-8-10-19(28)20(29)12-17)24(35)32-15-18-9-11-22(30)31-14-18/h8-12,14,16,21,23H,7,13,15H2,1-6H3,(H2,30,31)(H,32,35)(H,33,36)/t16-,21+,23?/m1/s1. The molecular weight excluding hydrogens is 529 g/mol. The summed E-state index contributed by atoms with van der Waals surface area (Å²) in [5.41, 5.74) is 6.36. The third-order valence-electron chi connectivity index (χ3n) is 5.92. The van der Waals surface area contributed by atoms with E-state index in [2.05, 4.69) is 15.6 Å². The number of amides is 3. The van der Waals surface area contributed by atoms with Crippen molar-refractivity contribution in [3.05, 3.63) is 57.7 Å². The van der Waals surface area contributed by atoms with Crippen LogP contribution in [0.4, 0.5) is 10.6 Å². The first kappa shape index (κ1) is 31.2. The second-order valence-electron chi connectivity index (χ2n) is 10.2. The maximum absolute atomic E-state index is 13.6. The Balaban J connectivity index is 2.29. The van der Waals surface area contributed by atoms with Crippen molar-refractivity contribution < 1.29 is 19.1 Å². The summed E-state index contributed by atoms with van der Waals surface area (Å²) in [5, 5.41) is 6.40. The molecule has 3 atom stereocenters. The molecule has 1 unspecified atom stereocenters. The van der Waals surface area contributed by atoms with Gasteiger partial charge in [-0.1, -0.05) is 55.6 Å². The Morgan fingerprint density at radius 3 is 2.29 bits per heavy atom. The summed E-state index contributed by atoms with van der Waals surface area (Å²) >= 11 is 12.2. The smallest absolute Gasteiger partial charge is 0.410 e. The van der Waals surface area contributed by atoms with Crippen LogP contribution in [0.25, 0.3) is 0 Å². The number of nitrogen functional groups attached to an aromatic ring is 1. The van der Waals surface area contributed by atoms with E-state index in [0.29, 0.717) is 27.8 Å². The van der Waals surface area contributed by atoms with Gasteiger partial charge >= 0.3 is 6.09 Å². The van der Waals surface area contributed by atoms with Crippen molar-refractivity contribution in [2.75, 3.05) is 12.8 Å². The summed E-state index contributed by atoms with van der Waals surface area (Å²) in [6.45, 7) is 9.25. The van der Waals surface area contributed by atoms with E-state index < -0.39 is 35.6 Å². The van der Waals surface area contributed by atoms with E-state index in [1.807, 2.05) is 13.8 Å². The van der Waals surface area contributed by atoms with Gasteiger partial charge in [-0.05, 0) is 56.0 Å². The molecule has 0 radical (unpaired) electrons. The van der Waals surface area contributed by atoms with Crippen LogP contribution >= 0.6 is 23.2 Å². The van der Waals surface area contributed by atoms with Gasteiger partial charge in [0.15, 0.2) is 0 Å². The van der Waals surface area contributed by atoms with Gasteiger partial charge in [0.25, 0.3) is 0 Å². The minimum atomic E-state index is -0.958. The third-order valence-corrected chi connectivity index (χ3v) is 6.66. The van der Waals surface area contributed by atoms with Crippen LogP contribution in [-0.2, 0) is 27.3 Å². The number of pyridine rings is 1. The van der Waals surface area contributed by atoms with Crippen LogP contribution in [0, 0.1) is 5.92 Å². The highest BCUT2D eigenvalue weighted by molar-refractivity contribution is 6.42. The number of benzene rings is 1. The molecule has 2 aromatic rings. The fraction of sp³-hybridized carbons (Fsp3) is 0.481. The average Bonchev–Trinajstić information content (AvgIpc) is 2.84. The van der Waals surface area contributed by atoms with Crippen LogP contribution in [0.2, 0.25) is 10.0 Å². The number of nitrogens with one attached hydrogen (secondary N) is 2. The van der Waals surface area contributed by atoms with Crippen LogP contribution in [0.5, 0.6) is 0 Å². The van der Waals surface area contributed by atoms with Crippen LogP contribution in [-0.4, -0.2) is 52.5 Å². The van der Waals surface area contributed by atoms with Crippen molar-refractivity contribution in [3.8, 4) is 0 Å². The van der Waals surface area contributed by atoms with Crippen molar-refractivity contribution in [1.29, 1.82) is 0 Å². The summed E-state index contributed by atoms with van der Waals surface area (Å²) < 4.78 is 5.48. The van der Waals surface area contributed by atoms with Crippen LogP contribution in [0.15, 0.2) is 36.5 Å². The topological polar surface area (TPSA) is 127 Å². The van der Waals surface area contributed by atoms with Crippen molar-refractivity contribution in [2.24, 2.45) is 5.92 Å². The van der Waals surface area contributed by atoms with E-state index in [-0.39, 0.29) is 18.9 Å². The summed E-state index contributed by atoms with van der Waals surface area (Å²) in [4.78, 5) is 45.0. The Hall–Kier alpha value is -3.04. The highest BCUT2D eigenvalue weighted by Crippen LogP contribution is 2.24. The van der Waals surface area contributed by atoms with Crippen LogP contribution in [0.3, 0.4) is 0 Å². The molecule has 1 heterocycles. The van der Waals surface area contributed by atoms with Crippen molar-refractivity contribution in [2.45, 2.75) is 71.7 Å². The molecule has 11 heteroatoms. The lowest BCUT2D eigenvalue weighted by Crippen LogP contribution is -2.57. The fourth-order valence-electron chi connectivity index (χ4n) is 3.71.